The molecule has 152 valence electrons. The van der Waals surface area contributed by atoms with Gasteiger partial charge in [-0.3, -0.25) is 9.59 Å². The van der Waals surface area contributed by atoms with Crippen LogP contribution in [0.15, 0.2) is 24.3 Å². The summed E-state index contributed by atoms with van der Waals surface area (Å²) in [6.45, 7) is 5.19. The quantitative estimate of drug-likeness (QED) is 0.719. The molecule has 2 saturated heterocycles. The first-order chi connectivity index (χ1) is 13.6. The fourth-order valence-corrected chi connectivity index (χ4v) is 3.88. The molecule has 1 aromatic carbocycles. The van der Waals surface area contributed by atoms with Crippen molar-refractivity contribution in [3.05, 3.63) is 35.4 Å². The minimum absolute atomic E-state index is 0.0913. The van der Waals surface area contributed by atoms with E-state index >= 15 is 0 Å². The maximum Gasteiger partial charge on any atom is 0.338 e. The Kier molecular flexibility index (Phi) is 7.03. The standard InChI is InChI=1S/C21H29N3O4/c1-28-21(27)18-8-4-3-7-17(18)20(26)24-12-9-19(25)23(15-16-24)14-13-22-10-5-2-6-11-22/h3-4,7-8H,2,5-6,9-16H2,1H3. The smallest absolute Gasteiger partial charge is 0.338 e. The zero-order valence-electron chi connectivity index (χ0n) is 16.6. The van der Waals surface area contributed by atoms with Crippen LogP contribution in [0.25, 0.3) is 0 Å². The molecule has 0 aromatic heterocycles. The maximum atomic E-state index is 13.0. The van der Waals surface area contributed by atoms with Crippen molar-refractivity contribution in [3.63, 3.8) is 0 Å². The van der Waals surface area contributed by atoms with Gasteiger partial charge in [0.1, 0.15) is 0 Å². The van der Waals surface area contributed by atoms with Gasteiger partial charge in [0, 0.05) is 39.1 Å². The molecule has 2 heterocycles. The van der Waals surface area contributed by atoms with Gasteiger partial charge in [-0.05, 0) is 38.1 Å². The van der Waals surface area contributed by atoms with Crippen LogP contribution in [0.5, 0.6) is 0 Å². The van der Waals surface area contributed by atoms with Crippen LogP contribution in [-0.2, 0) is 9.53 Å². The van der Waals surface area contributed by atoms with Crippen LogP contribution in [0, 0.1) is 0 Å². The molecular weight excluding hydrogens is 358 g/mol. The van der Waals surface area contributed by atoms with Crippen LogP contribution < -0.4 is 0 Å². The van der Waals surface area contributed by atoms with Gasteiger partial charge in [-0.1, -0.05) is 18.6 Å². The van der Waals surface area contributed by atoms with Gasteiger partial charge in [-0.15, -0.1) is 0 Å². The van der Waals surface area contributed by atoms with E-state index in [2.05, 4.69) is 4.90 Å². The number of likely N-dealkylation sites (tertiary alicyclic amines) is 1. The number of piperidine rings is 1. The minimum Gasteiger partial charge on any atom is -0.465 e. The summed E-state index contributed by atoms with van der Waals surface area (Å²) in [6.07, 6.45) is 4.07. The van der Waals surface area contributed by atoms with E-state index < -0.39 is 5.97 Å². The second kappa shape index (κ2) is 9.68. The number of carbonyl (C=O) groups is 3. The molecule has 2 aliphatic rings. The molecule has 0 radical (unpaired) electrons. The average molecular weight is 387 g/mol. The molecule has 0 N–H and O–H groups in total. The molecule has 0 spiro atoms. The summed E-state index contributed by atoms with van der Waals surface area (Å²) in [6, 6.07) is 6.66. The molecule has 0 bridgehead atoms. The predicted octanol–water partition coefficient (Wildman–Crippen LogP) is 1.63. The molecular formula is C21H29N3O4. The molecule has 2 amide bonds. The molecule has 0 aliphatic carbocycles. The highest BCUT2D eigenvalue weighted by molar-refractivity contribution is 6.05. The predicted molar refractivity (Wildman–Crippen MR) is 105 cm³/mol. The lowest BCUT2D eigenvalue weighted by Crippen LogP contribution is -2.41. The summed E-state index contributed by atoms with van der Waals surface area (Å²) >= 11 is 0. The number of methoxy groups -OCH3 is 1. The van der Waals surface area contributed by atoms with Crippen molar-refractivity contribution in [3.8, 4) is 0 Å². The highest BCUT2D eigenvalue weighted by Gasteiger charge is 2.27. The number of carbonyl (C=O) groups excluding carboxylic acids is 3. The maximum absolute atomic E-state index is 13.0. The Bertz CT molecular complexity index is 715. The highest BCUT2D eigenvalue weighted by Crippen LogP contribution is 2.16. The fourth-order valence-electron chi connectivity index (χ4n) is 3.88. The Hall–Kier alpha value is -2.41. The number of benzene rings is 1. The number of rotatable bonds is 5. The lowest BCUT2D eigenvalue weighted by atomic mass is 10.1. The van der Waals surface area contributed by atoms with E-state index in [-0.39, 0.29) is 17.4 Å². The molecule has 0 atom stereocenters. The third-order valence-electron chi connectivity index (χ3n) is 5.57. The Balaban J connectivity index is 1.62. The Morgan fingerprint density at radius 3 is 2.36 bits per heavy atom. The van der Waals surface area contributed by atoms with Crippen LogP contribution in [0.2, 0.25) is 0 Å². The molecule has 7 heteroatoms. The third-order valence-corrected chi connectivity index (χ3v) is 5.57. The second-order valence-electron chi connectivity index (χ2n) is 7.36. The van der Waals surface area contributed by atoms with E-state index in [4.69, 9.17) is 4.74 Å². The van der Waals surface area contributed by atoms with Gasteiger partial charge < -0.3 is 19.4 Å². The van der Waals surface area contributed by atoms with Gasteiger partial charge in [-0.2, -0.15) is 0 Å². The Morgan fingerprint density at radius 2 is 1.64 bits per heavy atom. The van der Waals surface area contributed by atoms with Crippen LogP contribution in [-0.4, -0.2) is 85.4 Å². The zero-order valence-corrected chi connectivity index (χ0v) is 16.6. The number of esters is 1. The Labute approximate surface area is 166 Å². The van der Waals surface area contributed by atoms with Crippen LogP contribution >= 0.6 is 0 Å². The summed E-state index contributed by atoms with van der Waals surface area (Å²) in [4.78, 5) is 43.4. The van der Waals surface area contributed by atoms with E-state index in [9.17, 15) is 14.4 Å². The summed E-state index contributed by atoms with van der Waals surface area (Å²) in [7, 11) is 1.30. The van der Waals surface area contributed by atoms with Crippen molar-refractivity contribution >= 4 is 17.8 Å². The van der Waals surface area contributed by atoms with E-state index in [1.54, 1.807) is 29.2 Å². The highest BCUT2D eigenvalue weighted by atomic mass is 16.5. The van der Waals surface area contributed by atoms with Crippen molar-refractivity contribution in [2.75, 3.05) is 52.9 Å². The van der Waals surface area contributed by atoms with E-state index in [1.807, 2.05) is 4.90 Å². The van der Waals surface area contributed by atoms with Crippen LogP contribution in [0.3, 0.4) is 0 Å². The molecule has 28 heavy (non-hydrogen) atoms. The summed E-state index contributed by atoms with van der Waals surface area (Å²) in [5, 5.41) is 0. The SMILES string of the molecule is COC(=O)c1ccccc1C(=O)N1CCC(=O)N(CCN2CCCCC2)CC1. The number of hydrogen-bond acceptors (Lipinski definition) is 5. The van der Waals surface area contributed by atoms with Crippen molar-refractivity contribution in [2.24, 2.45) is 0 Å². The molecule has 7 nitrogen and oxygen atoms in total. The number of hydrogen-bond donors (Lipinski definition) is 0. The summed E-state index contributed by atoms with van der Waals surface area (Å²) < 4.78 is 4.79. The number of amides is 2. The minimum atomic E-state index is -0.530. The lowest BCUT2D eigenvalue weighted by molar-refractivity contribution is -0.130. The van der Waals surface area contributed by atoms with E-state index in [0.29, 0.717) is 38.2 Å². The molecule has 0 unspecified atom stereocenters. The lowest BCUT2D eigenvalue weighted by Gasteiger charge is -2.29. The fraction of sp³-hybridized carbons (Fsp3) is 0.571. The first-order valence-corrected chi connectivity index (χ1v) is 10.1. The molecule has 0 saturated carbocycles. The topological polar surface area (TPSA) is 70.2 Å². The first kappa shape index (κ1) is 20.3. The van der Waals surface area contributed by atoms with Crippen LogP contribution in [0.1, 0.15) is 46.4 Å². The summed E-state index contributed by atoms with van der Waals surface area (Å²) in [5.41, 5.74) is 0.580. The molecule has 2 fully saturated rings. The van der Waals surface area contributed by atoms with Gasteiger partial charge in [0.05, 0.1) is 18.2 Å². The van der Waals surface area contributed by atoms with Crippen molar-refractivity contribution in [1.29, 1.82) is 0 Å². The number of nitrogens with zero attached hydrogens (tertiary/aromatic N) is 3. The molecule has 2 aliphatic heterocycles. The molecule has 1 aromatic rings. The zero-order chi connectivity index (χ0) is 19.9. The van der Waals surface area contributed by atoms with Gasteiger partial charge in [0.25, 0.3) is 5.91 Å². The number of ether oxygens (including phenoxy) is 1. The third kappa shape index (κ3) is 4.90. The van der Waals surface area contributed by atoms with Crippen LogP contribution in [0.4, 0.5) is 0 Å². The van der Waals surface area contributed by atoms with E-state index in [0.717, 1.165) is 19.6 Å². The van der Waals surface area contributed by atoms with Gasteiger partial charge in [-0.25, -0.2) is 4.79 Å². The Morgan fingerprint density at radius 1 is 0.929 bits per heavy atom. The van der Waals surface area contributed by atoms with Crippen molar-refractivity contribution < 1.29 is 19.1 Å². The second-order valence-corrected chi connectivity index (χ2v) is 7.36. The van der Waals surface area contributed by atoms with Crippen molar-refractivity contribution in [2.45, 2.75) is 25.7 Å². The normalized spacial score (nSPS) is 18.7. The van der Waals surface area contributed by atoms with E-state index in [1.165, 1.54) is 26.4 Å². The molecule has 3 rings (SSSR count). The monoisotopic (exact) mass is 387 g/mol. The van der Waals surface area contributed by atoms with Gasteiger partial charge >= 0.3 is 5.97 Å². The van der Waals surface area contributed by atoms with Gasteiger partial charge in [0.15, 0.2) is 0 Å². The van der Waals surface area contributed by atoms with Gasteiger partial charge in [0.2, 0.25) is 5.91 Å². The largest absolute Gasteiger partial charge is 0.465 e. The van der Waals surface area contributed by atoms with Crippen molar-refractivity contribution in [1.82, 2.24) is 14.7 Å². The first-order valence-electron chi connectivity index (χ1n) is 10.1. The summed E-state index contributed by atoms with van der Waals surface area (Å²) in [5.74, 6) is -0.668. The average Bonchev–Trinajstić information content (AvgIpc) is 2.93.